The molecule has 0 aliphatic heterocycles. The Balaban J connectivity index is 3.24. The van der Waals surface area contributed by atoms with Crippen molar-refractivity contribution in [1.29, 1.82) is 0 Å². The number of rotatable bonds is 0. The summed E-state index contributed by atoms with van der Waals surface area (Å²) in [5.41, 5.74) is 3.58. The van der Waals surface area contributed by atoms with Crippen molar-refractivity contribution < 1.29 is 5.73 Å². The highest BCUT2D eigenvalue weighted by Gasteiger charge is 1.77. The third-order valence-corrected chi connectivity index (χ3v) is 0.516. The van der Waals surface area contributed by atoms with E-state index >= 15 is 0 Å². The molecule has 0 aliphatic carbocycles. The maximum atomic E-state index is 3.58. The minimum atomic E-state index is 0.502. The Bertz CT molecular complexity index is 84.1. The summed E-state index contributed by atoms with van der Waals surface area (Å²) in [7, 11) is 0. The summed E-state index contributed by atoms with van der Waals surface area (Å²) in [4.78, 5) is 0. The highest BCUT2D eigenvalue weighted by atomic mass is 14.5. The lowest BCUT2D eigenvalue weighted by atomic mass is 10.2. The van der Waals surface area contributed by atoms with E-state index in [9.17, 15) is 0 Å². The van der Waals surface area contributed by atoms with Crippen molar-refractivity contribution in [3.63, 3.8) is 0 Å². The fourth-order valence-corrected chi connectivity index (χ4v) is 0.276. The average molecular weight is 98.2 g/mol. The zero-order valence-electron chi connectivity index (χ0n) is 4.99. The molecular weight excluding hydrogens is 86.1 g/mol. The maximum Gasteiger partial charge on any atom is 0.136 e. The fraction of sp³-hybridized carbons (Fsp3) is 0.667. The van der Waals surface area contributed by atoms with Crippen molar-refractivity contribution in [3.05, 3.63) is 0 Å². The van der Waals surface area contributed by atoms with Gasteiger partial charge in [-0.25, -0.2) is 0 Å². The lowest BCUT2D eigenvalue weighted by molar-refractivity contribution is -0.349. The predicted molar refractivity (Wildman–Crippen MR) is 30.4 cm³/mol. The maximum absolute atomic E-state index is 3.58. The number of hydrogen-bond donors (Lipinski definition) is 1. The topological polar surface area (TPSA) is 27.6 Å². The van der Waals surface area contributed by atoms with E-state index in [1.54, 1.807) is 0 Å². The van der Waals surface area contributed by atoms with Gasteiger partial charge < -0.3 is 5.73 Å². The van der Waals surface area contributed by atoms with Crippen LogP contribution in [0.4, 0.5) is 0 Å². The average Bonchev–Trinajstić information content (AvgIpc) is 1.61. The third-order valence-electron chi connectivity index (χ3n) is 0.516. The van der Waals surface area contributed by atoms with Gasteiger partial charge >= 0.3 is 0 Å². The Morgan fingerprint density at radius 2 is 2.14 bits per heavy atom. The van der Waals surface area contributed by atoms with Gasteiger partial charge in [0, 0.05) is 5.92 Å². The minimum Gasteiger partial charge on any atom is -0.347 e. The molecule has 0 spiro atoms. The molecule has 0 aromatic rings. The highest BCUT2D eigenvalue weighted by molar-refractivity contribution is 5.00. The van der Waals surface area contributed by atoms with E-state index in [-0.39, 0.29) is 0 Å². The molecule has 0 radical (unpaired) electrons. The van der Waals surface area contributed by atoms with Crippen LogP contribution < -0.4 is 5.73 Å². The van der Waals surface area contributed by atoms with E-state index in [2.05, 4.69) is 31.4 Å². The van der Waals surface area contributed by atoms with Gasteiger partial charge in [0.05, 0.1) is 0 Å². The summed E-state index contributed by atoms with van der Waals surface area (Å²) < 4.78 is 0. The van der Waals surface area contributed by atoms with Crippen LogP contribution in [-0.2, 0) is 0 Å². The van der Waals surface area contributed by atoms with Crippen LogP contribution in [0.3, 0.4) is 0 Å². The molecular formula is C6H12N+. The first-order valence-electron chi connectivity index (χ1n) is 2.55. The van der Waals surface area contributed by atoms with Gasteiger partial charge in [0.2, 0.25) is 0 Å². The largest absolute Gasteiger partial charge is 0.347 e. The van der Waals surface area contributed by atoms with Gasteiger partial charge in [-0.15, -0.1) is 0 Å². The molecule has 0 amide bonds. The number of hydrogen-bond acceptors (Lipinski definition) is 0. The van der Waals surface area contributed by atoms with Crippen LogP contribution in [0.2, 0.25) is 0 Å². The van der Waals surface area contributed by atoms with E-state index in [0.29, 0.717) is 5.92 Å². The standard InChI is InChI=1S/C6H11N/c1-6(2)4-3-5-7/h6H,5,7H2,1-2H3/p+1. The first-order chi connectivity index (χ1) is 3.27. The molecule has 0 aromatic heterocycles. The Hall–Kier alpha value is -0.480. The summed E-state index contributed by atoms with van der Waals surface area (Å²) in [6.07, 6.45) is 0. The van der Waals surface area contributed by atoms with Gasteiger partial charge in [0.1, 0.15) is 6.54 Å². The van der Waals surface area contributed by atoms with Crippen LogP contribution in [0, 0.1) is 17.8 Å². The van der Waals surface area contributed by atoms with Crippen LogP contribution in [0.1, 0.15) is 13.8 Å². The summed E-state index contributed by atoms with van der Waals surface area (Å²) in [6.45, 7) is 4.88. The van der Waals surface area contributed by atoms with Crippen molar-refractivity contribution in [1.82, 2.24) is 0 Å². The van der Waals surface area contributed by atoms with E-state index < -0.39 is 0 Å². The quantitative estimate of drug-likeness (QED) is 0.409. The monoisotopic (exact) mass is 98.1 g/mol. The molecule has 0 saturated carbocycles. The van der Waals surface area contributed by atoms with Crippen molar-refractivity contribution in [2.45, 2.75) is 13.8 Å². The lowest BCUT2D eigenvalue weighted by Crippen LogP contribution is -2.49. The Morgan fingerprint density at radius 1 is 1.57 bits per heavy atom. The molecule has 3 N–H and O–H groups in total. The highest BCUT2D eigenvalue weighted by Crippen LogP contribution is 1.83. The smallest absolute Gasteiger partial charge is 0.136 e. The normalized spacial score (nSPS) is 8.00. The zero-order chi connectivity index (χ0) is 5.70. The van der Waals surface area contributed by atoms with Crippen LogP contribution in [0.25, 0.3) is 0 Å². The van der Waals surface area contributed by atoms with Crippen LogP contribution >= 0.6 is 0 Å². The second-order valence-corrected chi connectivity index (χ2v) is 1.73. The van der Waals surface area contributed by atoms with E-state index in [0.717, 1.165) is 6.54 Å². The molecule has 0 heterocycles. The molecule has 7 heavy (non-hydrogen) atoms. The van der Waals surface area contributed by atoms with E-state index in [1.807, 2.05) is 0 Å². The zero-order valence-corrected chi connectivity index (χ0v) is 4.99. The second kappa shape index (κ2) is 3.70. The van der Waals surface area contributed by atoms with Crippen LogP contribution in [0.15, 0.2) is 0 Å². The molecule has 1 heteroatoms. The summed E-state index contributed by atoms with van der Waals surface area (Å²) in [6, 6.07) is 0. The Kier molecular flexibility index (Phi) is 3.45. The van der Waals surface area contributed by atoms with Gasteiger partial charge in [-0.1, -0.05) is 19.8 Å². The molecule has 0 rings (SSSR count). The fourth-order valence-electron chi connectivity index (χ4n) is 0.276. The predicted octanol–water partition coefficient (Wildman–Crippen LogP) is -0.112. The first-order valence-corrected chi connectivity index (χ1v) is 2.55. The molecule has 0 bridgehead atoms. The van der Waals surface area contributed by atoms with Gasteiger partial charge in [-0.2, -0.15) is 0 Å². The van der Waals surface area contributed by atoms with Crippen molar-refractivity contribution >= 4 is 0 Å². The molecule has 0 atom stereocenters. The van der Waals surface area contributed by atoms with Crippen molar-refractivity contribution in [2.75, 3.05) is 6.54 Å². The Morgan fingerprint density at radius 3 is 2.29 bits per heavy atom. The minimum absolute atomic E-state index is 0.502. The second-order valence-electron chi connectivity index (χ2n) is 1.73. The third kappa shape index (κ3) is 5.52. The van der Waals surface area contributed by atoms with Gasteiger partial charge in [-0.3, -0.25) is 0 Å². The van der Waals surface area contributed by atoms with Gasteiger partial charge in [0.15, 0.2) is 0 Å². The molecule has 0 unspecified atom stereocenters. The molecule has 1 nitrogen and oxygen atoms in total. The molecule has 0 saturated heterocycles. The molecule has 40 valence electrons. The van der Waals surface area contributed by atoms with E-state index in [4.69, 9.17) is 0 Å². The summed E-state index contributed by atoms with van der Waals surface area (Å²) >= 11 is 0. The van der Waals surface area contributed by atoms with E-state index in [1.165, 1.54) is 0 Å². The van der Waals surface area contributed by atoms with Gasteiger partial charge in [0.25, 0.3) is 0 Å². The molecule has 0 aliphatic rings. The van der Waals surface area contributed by atoms with Crippen LogP contribution in [0.5, 0.6) is 0 Å². The summed E-state index contributed by atoms with van der Waals surface area (Å²) in [5, 5.41) is 0. The first kappa shape index (κ1) is 6.52. The number of quaternary nitrogens is 1. The SMILES string of the molecule is CC(C)C#CC[NH3+]. The van der Waals surface area contributed by atoms with Crippen molar-refractivity contribution in [2.24, 2.45) is 5.92 Å². The summed E-state index contributed by atoms with van der Waals surface area (Å²) in [5.74, 6) is 6.37. The van der Waals surface area contributed by atoms with Crippen LogP contribution in [-0.4, -0.2) is 6.54 Å². The lowest BCUT2D eigenvalue weighted by Gasteiger charge is -1.83. The van der Waals surface area contributed by atoms with Crippen molar-refractivity contribution in [3.8, 4) is 11.8 Å². The Labute approximate surface area is 44.9 Å². The van der Waals surface area contributed by atoms with Gasteiger partial charge in [-0.05, 0) is 5.92 Å². The molecule has 0 aromatic carbocycles. The molecule has 0 fully saturated rings.